The molecule has 1 N–H and O–H groups in total. The number of benzene rings is 2. The minimum absolute atomic E-state index is 0. The van der Waals surface area contributed by atoms with Crippen LogP contribution < -0.4 is 15.0 Å². The highest BCUT2D eigenvalue weighted by Crippen LogP contribution is 2.28. The van der Waals surface area contributed by atoms with E-state index in [1.54, 1.807) is 13.4 Å². The van der Waals surface area contributed by atoms with Gasteiger partial charge in [0.1, 0.15) is 5.75 Å². The fourth-order valence-electron chi connectivity index (χ4n) is 3.86. The summed E-state index contributed by atoms with van der Waals surface area (Å²) in [5.41, 5.74) is 1.16. The van der Waals surface area contributed by atoms with Gasteiger partial charge in [-0.3, -0.25) is 9.69 Å². The largest absolute Gasteiger partial charge is 0.495 e. The second kappa shape index (κ2) is 11.8. The third-order valence-corrected chi connectivity index (χ3v) is 5.45. The van der Waals surface area contributed by atoms with E-state index >= 15 is 0 Å². The Bertz CT molecular complexity index is 971. The molecule has 1 aliphatic rings. The highest BCUT2D eigenvalue weighted by molar-refractivity contribution is 6.04. The molecular formula is C23H29Cl2N3O3. The first-order valence-corrected chi connectivity index (χ1v) is 10.1. The normalized spacial score (nSPS) is 13.9. The monoisotopic (exact) mass is 465 g/mol. The Morgan fingerprint density at radius 2 is 1.74 bits per heavy atom. The number of nitrogens with one attached hydrogen (secondary N) is 1. The van der Waals surface area contributed by atoms with Gasteiger partial charge in [-0.1, -0.05) is 36.4 Å². The topological polar surface area (TPSA) is 58.0 Å². The van der Waals surface area contributed by atoms with E-state index in [9.17, 15) is 4.79 Å². The van der Waals surface area contributed by atoms with Gasteiger partial charge in [0.25, 0.3) is 5.91 Å². The maximum absolute atomic E-state index is 12.4. The molecule has 0 bridgehead atoms. The molecule has 0 unspecified atom stereocenters. The van der Waals surface area contributed by atoms with Crippen molar-refractivity contribution in [3.05, 3.63) is 60.6 Å². The quantitative estimate of drug-likeness (QED) is 0.529. The second-order valence-electron chi connectivity index (χ2n) is 7.26. The average molecular weight is 466 g/mol. The van der Waals surface area contributed by atoms with Gasteiger partial charge in [0.2, 0.25) is 0 Å². The molecule has 0 saturated carbocycles. The minimum Gasteiger partial charge on any atom is -0.495 e. The summed E-state index contributed by atoms with van der Waals surface area (Å²) in [4.78, 5) is 17.2. The summed E-state index contributed by atoms with van der Waals surface area (Å²) < 4.78 is 10.9. The van der Waals surface area contributed by atoms with Gasteiger partial charge in [-0.05, 0) is 25.1 Å². The van der Waals surface area contributed by atoms with E-state index in [4.69, 9.17) is 9.15 Å². The van der Waals surface area contributed by atoms with E-state index in [1.807, 2.05) is 36.4 Å². The van der Waals surface area contributed by atoms with Gasteiger partial charge in [0, 0.05) is 43.5 Å². The zero-order valence-electron chi connectivity index (χ0n) is 17.6. The first kappa shape index (κ1) is 24.9. The van der Waals surface area contributed by atoms with Gasteiger partial charge in [0.15, 0.2) is 5.76 Å². The van der Waals surface area contributed by atoms with Crippen molar-refractivity contribution in [2.75, 3.05) is 51.3 Å². The lowest BCUT2D eigenvalue weighted by Gasteiger charge is -2.36. The standard InChI is InChI=1S/C23H27N3O3.2ClH/c1-28-21-10-5-4-9-20(21)26-15-13-25(14-16-26)12-6-11-24-23(27)22-19-8-3-2-7-18(19)17-29-22;;/h2-5,7-10,17H,6,11-16H2,1H3,(H,24,27);2*1H. The first-order chi connectivity index (χ1) is 14.3. The molecule has 1 saturated heterocycles. The van der Waals surface area contributed by atoms with Crippen molar-refractivity contribution >= 4 is 47.2 Å². The number of methoxy groups -OCH3 is 1. The Labute approximate surface area is 195 Å². The van der Waals surface area contributed by atoms with Crippen molar-refractivity contribution < 1.29 is 13.9 Å². The van der Waals surface area contributed by atoms with Crippen molar-refractivity contribution in [3.63, 3.8) is 0 Å². The van der Waals surface area contributed by atoms with Gasteiger partial charge in [-0.25, -0.2) is 0 Å². The number of carbonyl (C=O) groups is 1. The number of amides is 1. The number of anilines is 1. The van der Waals surface area contributed by atoms with Crippen LogP contribution >= 0.6 is 24.8 Å². The Balaban J connectivity index is 0.00000171. The summed E-state index contributed by atoms with van der Waals surface area (Å²) in [6, 6.07) is 15.9. The summed E-state index contributed by atoms with van der Waals surface area (Å²) in [6.45, 7) is 5.58. The van der Waals surface area contributed by atoms with Crippen LogP contribution in [0, 0.1) is 0 Å². The molecule has 2 aromatic carbocycles. The predicted molar refractivity (Wildman–Crippen MR) is 129 cm³/mol. The second-order valence-corrected chi connectivity index (χ2v) is 7.26. The number of para-hydroxylation sites is 2. The molecule has 31 heavy (non-hydrogen) atoms. The van der Waals surface area contributed by atoms with Crippen LogP contribution in [0.5, 0.6) is 5.75 Å². The first-order valence-electron chi connectivity index (χ1n) is 10.1. The minimum atomic E-state index is -0.146. The number of carbonyl (C=O) groups excluding carboxylic acids is 1. The Kier molecular flexibility index (Phi) is 9.49. The number of hydrogen-bond acceptors (Lipinski definition) is 5. The van der Waals surface area contributed by atoms with Gasteiger partial charge in [0.05, 0.1) is 19.1 Å². The Hall–Kier alpha value is -2.41. The molecule has 0 aliphatic carbocycles. The van der Waals surface area contributed by atoms with Crippen LogP contribution in [0.4, 0.5) is 5.69 Å². The lowest BCUT2D eigenvalue weighted by Crippen LogP contribution is -2.47. The number of furan rings is 1. The summed E-state index contributed by atoms with van der Waals surface area (Å²) in [6.07, 6.45) is 2.55. The van der Waals surface area contributed by atoms with E-state index < -0.39 is 0 Å². The zero-order valence-corrected chi connectivity index (χ0v) is 19.2. The molecule has 8 heteroatoms. The van der Waals surface area contributed by atoms with Crippen molar-refractivity contribution in [2.24, 2.45) is 0 Å². The maximum atomic E-state index is 12.4. The smallest absolute Gasteiger partial charge is 0.287 e. The Morgan fingerprint density at radius 1 is 1.03 bits per heavy atom. The highest BCUT2D eigenvalue weighted by Gasteiger charge is 2.19. The average Bonchev–Trinajstić information content (AvgIpc) is 3.21. The predicted octanol–water partition coefficient (Wildman–Crippen LogP) is 4.23. The number of hydrogen-bond donors (Lipinski definition) is 1. The highest BCUT2D eigenvalue weighted by atomic mass is 35.5. The van der Waals surface area contributed by atoms with Crippen molar-refractivity contribution in [1.29, 1.82) is 0 Å². The fraction of sp³-hybridized carbons (Fsp3) is 0.348. The van der Waals surface area contributed by atoms with Gasteiger partial charge < -0.3 is 19.4 Å². The van der Waals surface area contributed by atoms with Crippen LogP contribution in [-0.2, 0) is 0 Å². The number of ether oxygens (including phenoxy) is 1. The molecule has 0 radical (unpaired) electrons. The molecule has 1 aliphatic heterocycles. The fourth-order valence-corrected chi connectivity index (χ4v) is 3.86. The number of rotatable bonds is 7. The summed E-state index contributed by atoms with van der Waals surface area (Å²) in [7, 11) is 1.72. The van der Waals surface area contributed by atoms with E-state index in [-0.39, 0.29) is 30.7 Å². The molecule has 1 amide bonds. The van der Waals surface area contributed by atoms with Crippen LogP contribution in [0.25, 0.3) is 10.8 Å². The molecule has 4 rings (SSSR count). The van der Waals surface area contributed by atoms with Gasteiger partial charge in [-0.15, -0.1) is 24.8 Å². The van der Waals surface area contributed by atoms with Crippen molar-refractivity contribution in [2.45, 2.75) is 6.42 Å². The third kappa shape index (κ3) is 5.85. The Morgan fingerprint density at radius 3 is 2.52 bits per heavy atom. The molecule has 6 nitrogen and oxygen atoms in total. The van der Waals surface area contributed by atoms with Gasteiger partial charge >= 0.3 is 0 Å². The van der Waals surface area contributed by atoms with Crippen LogP contribution in [0.2, 0.25) is 0 Å². The molecule has 3 aromatic rings. The lowest BCUT2D eigenvalue weighted by atomic mass is 10.2. The summed E-state index contributed by atoms with van der Waals surface area (Å²) in [5.74, 6) is 1.17. The molecule has 1 aromatic heterocycles. The number of halogens is 2. The number of piperazine rings is 1. The van der Waals surface area contributed by atoms with Crippen LogP contribution in [0.1, 0.15) is 17.0 Å². The van der Waals surface area contributed by atoms with Gasteiger partial charge in [-0.2, -0.15) is 0 Å². The van der Waals surface area contributed by atoms with Crippen molar-refractivity contribution in [3.8, 4) is 5.75 Å². The number of fused-ring (bicyclic) bond motifs is 1. The van der Waals surface area contributed by atoms with E-state index in [0.717, 1.165) is 61.4 Å². The van der Waals surface area contributed by atoms with Crippen LogP contribution in [0.15, 0.2) is 59.2 Å². The van der Waals surface area contributed by atoms with E-state index in [2.05, 4.69) is 27.2 Å². The summed E-state index contributed by atoms with van der Waals surface area (Å²) >= 11 is 0. The summed E-state index contributed by atoms with van der Waals surface area (Å²) in [5, 5.41) is 4.79. The SMILES string of the molecule is COc1ccccc1N1CCN(CCCNC(=O)c2occ3ccccc23)CC1.Cl.Cl. The molecule has 0 atom stereocenters. The zero-order chi connectivity index (χ0) is 20.1. The van der Waals surface area contributed by atoms with Crippen LogP contribution in [-0.4, -0.2) is 57.2 Å². The molecule has 1 fully saturated rings. The third-order valence-electron chi connectivity index (χ3n) is 5.45. The molecule has 2 heterocycles. The van der Waals surface area contributed by atoms with E-state index in [1.165, 1.54) is 0 Å². The van der Waals surface area contributed by atoms with Crippen molar-refractivity contribution in [1.82, 2.24) is 10.2 Å². The van der Waals surface area contributed by atoms with E-state index in [0.29, 0.717) is 12.3 Å². The lowest BCUT2D eigenvalue weighted by molar-refractivity contribution is 0.0926. The van der Waals surface area contributed by atoms with Crippen LogP contribution in [0.3, 0.4) is 0 Å². The number of nitrogens with zero attached hydrogens (tertiary/aromatic N) is 2. The molecular weight excluding hydrogens is 437 g/mol. The molecule has 168 valence electrons. The maximum Gasteiger partial charge on any atom is 0.287 e. The molecule has 0 spiro atoms.